The van der Waals surface area contributed by atoms with E-state index < -0.39 is 5.97 Å². The van der Waals surface area contributed by atoms with Crippen LogP contribution in [0.15, 0.2) is 24.3 Å². The first-order valence-electron chi connectivity index (χ1n) is 9.47. The molecule has 0 bridgehead atoms. The number of aromatic nitrogens is 1. The number of likely N-dealkylation sites (N-methyl/N-ethyl adjacent to an activating group) is 1. The van der Waals surface area contributed by atoms with Crippen LogP contribution < -0.4 is 0 Å². The number of esters is 1. The average Bonchev–Trinajstić information content (AvgIpc) is 2.98. The van der Waals surface area contributed by atoms with Gasteiger partial charge >= 0.3 is 5.97 Å². The Hall–Kier alpha value is -2.93. The number of ether oxygens (including phenoxy) is 1. The molecule has 1 aromatic carbocycles. The number of nitrogens with one attached hydrogen (secondary N) is 1. The van der Waals surface area contributed by atoms with Gasteiger partial charge in [-0.3, -0.25) is 9.59 Å². The largest absolute Gasteiger partial charge is 0.464 e. The number of Topliss-reactive ketones (excluding diaryl/α,β-unsaturated/α-hetero) is 1. The highest BCUT2D eigenvalue weighted by molar-refractivity contribution is 6.05. The molecule has 0 saturated heterocycles. The Morgan fingerprint density at radius 1 is 1.00 bits per heavy atom. The van der Waals surface area contributed by atoms with Gasteiger partial charge in [-0.2, -0.15) is 0 Å². The molecule has 0 saturated carbocycles. The highest BCUT2D eigenvalue weighted by Gasteiger charge is 2.26. The lowest BCUT2D eigenvalue weighted by atomic mass is 10.0. The maximum absolute atomic E-state index is 13.1. The molecular formula is C22H29N3O4. The molecule has 1 amide bonds. The number of aromatic amines is 1. The zero-order valence-corrected chi connectivity index (χ0v) is 18.0. The quantitative estimate of drug-likeness (QED) is 0.545. The number of rotatable bonds is 8. The van der Waals surface area contributed by atoms with Crippen LogP contribution in [0.5, 0.6) is 0 Å². The molecule has 2 rings (SSSR count). The Morgan fingerprint density at radius 3 is 2.17 bits per heavy atom. The van der Waals surface area contributed by atoms with Gasteiger partial charge in [-0.05, 0) is 52.6 Å². The number of benzene rings is 1. The Bertz CT molecular complexity index is 898. The number of hydrogen-bond acceptors (Lipinski definition) is 5. The first-order valence-corrected chi connectivity index (χ1v) is 9.47. The molecule has 0 atom stereocenters. The Kier molecular flexibility index (Phi) is 7.34. The zero-order chi connectivity index (χ0) is 21.7. The fourth-order valence-electron chi connectivity index (χ4n) is 3.18. The number of H-pyrrole nitrogens is 1. The molecule has 0 fully saturated rings. The lowest BCUT2D eigenvalue weighted by Crippen LogP contribution is -2.40. The van der Waals surface area contributed by atoms with E-state index in [2.05, 4.69) is 4.98 Å². The summed E-state index contributed by atoms with van der Waals surface area (Å²) in [5.74, 6) is -0.935. The summed E-state index contributed by atoms with van der Waals surface area (Å²) in [6, 6.07) is 7.30. The number of amides is 1. The number of methoxy groups -OCH3 is 1. The van der Waals surface area contributed by atoms with E-state index in [-0.39, 0.29) is 23.9 Å². The molecular weight excluding hydrogens is 370 g/mol. The van der Waals surface area contributed by atoms with Crippen LogP contribution in [0.1, 0.15) is 48.0 Å². The second kappa shape index (κ2) is 9.52. The number of nitrogens with zero attached hydrogens (tertiary/aromatic N) is 2. The van der Waals surface area contributed by atoms with Crippen molar-refractivity contribution in [1.82, 2.24) is 14.8 Å². The number of carbonyl (C=O) groups excluding carboxylic acids is 3. The second-order valence-corrected chi connectivity index (χ2v) is 7.44. The van der Waals surface area contributed by atoms with Crippen LogP contribution in [-0.4, -0.2) is 73.3 Å². The van der Waals surface area contributed by atoms with Gasteiger partial charge in [0.15, 0.2) is 5.78 Å². The topological polar surface area (TPSA) is 82.7 Å². The van der Waals surface area contributed by atoms with Crippen molar-refractivity contribution in [2.75, 3.05) is 40.8 Å². The third-order valence-corrected chi connectivity index (χ3v) is 4.84. The summed E-state index contributed by atoms with van der Waals surface area (Å²) >= 11 is 0. The van der Waals surface area contributed by atoms with Gasteiger partial charge in [0.1, 0.15) is 5.69 Å². The van der Waals surface area contributed by atoms with Crippen LogP contribution in [-0.2, 0) is 4.74 Å². The van der Waals surface area contributed by atoms with Crippen molar-refractivity contribution in [3.63, 3.8) is 0 Å². The molecule has 2 aromatic rings. The molecule has 0 aliphatic rings. The van der Waals surface area contributed by atoms with E-state index in [1.54, 1.807) is 30.9 Å². The van der Waals surface area contributed by atoms with Crippen LogP contribution in [0.25, 0.3) is 0 Å². The van der Waals surface area contributed by atoms with Crippen molar-refractivity contribution in [2.24, 2.45) is 0 Å². The fraction of sp³-hybridized carbons (Fsp3) is 0.409. The van der Waals surface area contributed by atoms with Crippen molar-refractivity contribution in [3.8, 4) is 0 Å². The number of aryl methyl sites for hydroxylation is 2. The molecule has 0 spiro atoms. The minimum Gasteiger partial charge on any atom is -0.464 e. The summed E-state index contributed by atoms with van der Waals surface area (Å²) in [5.41, 5.74) is 3.42. The molecule has 29 heavy (non-hydrogen) atoms. The summed E-state index contributed by atoms with van der Waals surface area (Å²) in [6.07, 6.45) is 0. The summed E-state index contributed by atoms with van der Waals surface area (Å²) in [6.45, 7) is 6.37. The molecule has 0 radical (unpaired) electrons. The lowest BCUT2D eigenvalue weighted by Gasteiger charge is -2.24. The third kappa shape index (κ3) is 5.32. The molecule has 0 aliphatic heterocycles. The second-order valence-electron chi connectivity index (χ2n) is 7.44. The van der Waals surface area contributed by atoms with E-state index in [1.165, 1.54) is 7.11 Å². The summed E-state index contributed by atoms with van der Waals surface area (Å²) in [7, 11) is 5.13. The molecule has 0 unspecified atom stereocenters. The molecule has 1 heterocycles. The fourth-order valence-corrected chi connectivity index (χ4v) is 3.18. The van der Waals surface area contributed by atoms with Crippen LogP contribution >= 0.6 is 0 Å². The standard InChI is InChI=1S/C22H29N3O4/c1-14-7-9-17(10-8-14)21(27)25(12-11-24(4)5)13-18(26)19-15(2)20(22(28)29-6)23-16(19)3/h7-10,23H,11-13H2,1-6H3. The van der Waals surface area contributed by atoms with Crippen molar-refractivity contribution < 1.29 is 19.1 Å². The maximum atomic E-state index is 13.1. The van der Waals surface area contributed by atoms with Crippen LogP contribution in [0, 0.1) is 20.8 Å². The molecule has 7 heteroatoms. The van der Waals surface area contributed by atoms with Crippen molar-refractivity contribution in [3.05, 3.63) is 57.9 Å². The van der Waals surface area contributed by atoms with E-state index in [1.807, 2.05) is 38.1 Å². The minimum absolute atomic E-state index is 0.0688. The zero-order valence-electron chi connectivity index (χ0n) is 18.0. The molecule has 7 nitrogen and oxygen atoms in total. The van der Waals surface area contributed by atoms with Gasteiger partial charge in [-0.1, -0.05) is 17.7 Å². The Balaban J connectivity index is 2.30. The lowest BCUT2D eigenvalue weighted by molar-refractivity contribution is 0.0593. The van der Waals surface area contributed by atoms with Crippen molar-refractivity contribution in [1.29, 1.82) is 0 Å². The Morgan fingerprint density at radius 2 is 1.62 bits per heavy atom. The maximum Gasteiger partial charge on any atom is 0.354 e. The van der Waals surface area contributed by atoms with E-state index >= 15 is 0 Å². The smallest absolute Gasteiger partial charge is 0.354 e. The molecule has 156 valence electrons. The van der Waals surface area contributed by atoms with Gasteiger partial charge < -0.3 is 19.5 Å². The normalized spacial score (nSPS) is 10.9. The third-order valence-electron chi connectivity index (χ3n) is 4.84. The number of carbonyl (C=O) groups is 3. The van der Waals surface area contributed by atoms with Gasteiger partial charge in [0.05, 0.1) is 13.7 Å². The number of ketones is 1. The predicted octanol–water partition coefficient (Wildman–Crippen LogP) is 2.61. The monoisotopic (exact) mass is 399 g/mol. The van der Waals surface area contributed by atoms with E-state index in [9.17, 15) is 14.4 Å². The van der Waals surface area contributed by atoms with Gasteiger partial charge in [0.25, 0.3) is 5.91 Å². The first kappa shape index (κ1) is 22.4. The molecule has 0 aliphatic carbocycles. The summed E-state index contributed by atoms with van der Waals surface area (Å²) < 4.78 is 4.77. The van der Waals surface area contributed by atoms with Gasteiger partial charge in [-0.15, -0.1) is 0 Å². The van der Waals surface area contributed by atoms with Gasteiger partial charge in [0.2, 0.25) is 0 Å². The van der Waals surface area contributed by atoms with E-state index in [0.29, 0.717) is 35.5 Å². The predicted molar refractivity (Wildman–Crippen MR) is 112 cm³/mol. The van der Waals surface area contributed by atoms with Gasteiger partial charge in [0, 0.05) is 29.9 Å². The molecule has 1 N–H and O–H groups in total. The van der Waals surface area contributed by atoms with Crippen LogP contribution in [0.3, 0.4) is 0 Å². The summed E-state index contributed by atoms with van der Waals surface area (Å²) in [4.78, 5) is 44.5. The minimum atomic E-state index is -0.523. The van der Waals surface area contributed by atoms with Crippen molar-refractivity contribution in [2.45, 2.75) is 20.8 Å². The first-order chi connectivity index (χ1) is 13.6. The Labute approximate surface area is 171 Å². The van der Waals surface area contributed by atoms with Gasteiger partial charge in [-0.25, -0.2) is 4.79 Å². The van der Waals surface area contributed by atoms with Crippen LogP contribution in [0.2, 0.25) is 0 Å². The summed E-state index contributed by atoms with van der Waals surface area (Å²) in [5, 5.41) is 0. The van der Waals surface area contributed by atoms with Crippen LogP contribution in [0.4, 0.5) is 0 Å². The van der Waals surface area contributed by atoms with E-state index in [0.717, 1.165) is 5.56 Å². The highest BCUT2D eigenvalue weighted by Crippen LogP contribution is 2.20. The number of hydrogen-bond donors (Lipinski definition) is 1. The molecule has 1 aromatic heterocycles. The highest BCUT2D eigenvalue weighted by atomic mass is 16.5. The SMILES string of the molecule is COC(=O)c1[nH]c(C)c(C(=O)CN(CCN(C)C)C(=O)c2ccc(C)cc2)c1C. The van der Waals surface area contributed by atoms with E-state index in [4.69, 9.17) is 4.74 Å². The average molecular weight is 399 g/mol. The van der Waals surface area contributed by atoms with Crippen molar-refractivity contribution >= 4 is 17.7 Å².